The van der Waals surface area contributed by atoms with E-state index < -0.39 is 5.97 Å². The van der Waals surface area contributed by atoms with Gasteiger partial charge in [0.25, 0.3) is 0 Å². The molecular weight excluding hydrogens is 252 g/mol. The number of carboxylic acid groups (broad SMARTS) is 1. The molecule has 0 saturated carbocycles. The number of carboxylic acids is 1. The summed E-state index contributed by atoms with van der Waals surface area (Å²) in [6.07, 6.45) is 1.56. The SMILES string of the molecule is CC(=CCOc1ccccc1-c1ccccc1)C(=O)O. The number of rotatable bonds is 5. The van der Waals surface area contributed by atoms with Crippen molar-refractivity contribution in [3.63, 3.8) is 0 Å². The number of hydrogen-bond donors (Lipinski definition) is 1. The Morgan fingerprint density at radius 2 is 1.75 bits per heavy atom. The average molecular weight is 268 g/mol. The number of benzene rings is 2. The van der Waals surface area contributed by atoms with E-state index in [1.807, 2.05) is 54.6 Å². The Morgan fingerprint density at radius 1 is 1.10 bits per heavy atom. The third kappa shape index (κ3) is 3.48. The molecule has 0 amide bonds. The van der Waals surface area contributed by atoms with Crippen LogP contribution in [0.5, 0.6) is 5.75 Å². The predicted molar refractivity (Wildman–Crippen MR) is 78.8 cm³/mol. The maximum atomic E-state index is 10.7. The van der Waals surface area contributed by atoms with Gasteiger partial charge in [0.15, 0.2) is 0 Å². The Kier molecular flexibility index (Phi) is 4.56. The molecule has 2 rings (SSSR count). The van der Waals surface area contributed by atoms with Crippen molar-refractivity contribution in [1.82, 2.24) is 0 Å². The normalized spacial score (nSPS) is 11.2. The van der Waals surface area contributed by atoms with Crippen LogP contribution in [-0.4, -0.2) is 17.7 Å². The molecule has 0 unspecified atom stereocenters. The molecule has 0 radical (unpaired) electrons. The quantitative estimate of drug-likeness (QED) is 0.840. The molecule has 0 aliphatic carbocycles. The summed E-state index contributed by atoms with van der Waals surface area (Å²) in [5.41, 5.74) is 2.35. The fourth-order valence-electron chi connectivity index (χ4n) is 1.79. The second kappa shape index (κ2) is 6.57. The molecule has 0 heterocycles. The Bertz CT molecular complexity index is 615. The second-order valence-electron chi connectivity index (χ2n) is 4.37. The molecule has 102 valence electrons. The lowest BCUT2D eigenvalue weighted by Gasteiger charge is -2.10. The zero-order valence-corrected chi connectivity index (χ0v) is 11.2. The molecule has 1 N–H and O–H groups in total. The topological polar surface area (TPSA) is 46.5 Å². The number of para-hydroxylation sites is 1. The molecule has 0 aliphatic heterocycles. The van der Waals surface area contributed by atoms with Gasteiger partial charge < -0.3 is 9.84 Å². The minimum atomic E-state index is -0.926. The summed E-state index contributed by atoms with van der Waals surface area (Å²) in [7, 11) is 0. The van der Waals surface area contributed by atoms with Gasteiger partial charge >= 0.3 is 5.97 Å². The molecule has 3 heteroatoms. The number of aliphatic carboxylic acids is 1. The van der Waals surface area contributed by atoms with Crippen LogP contribution in [0.25, 0.3) is 11.1 Å². The average Bonchev–Trinajstić information content (AvgIpc) is 2.48. The number of carbonyl (C=O) groups is 1. The van der Waals surface area contributed by atoms with Gasteiger partial charge in [-0.3, -0.25) is 0 Å². The maximum absolute atomic E-state index is 10.7. The first-order chi connectivity index (χ1) is 9.68. The molecule has 0 fully saturated rings. The van der Waals surface area contributed by atoms with Crippen LogP contribution in [0.2, 0.25) is 0 Å². The van der Waals surface area contributed by atoms with E-state index in [4.69, 9.17) is 9.84 Å². The third-order valence-electron chi connectivity index (χ3n) is 2.94. The zero-order valence-electron chi connectivity index (χ0n) is 11.2. The van der Waals surface area contributed by atoms with Crippen LogP contribution in [0.1, 0.15) is 6.92 Å². The van der Waals surface area contributed by atoms with Crippen molar-refractivity contribution >= 4 is 5.97 Å². The summed E-state index contributed by atoms with van der Waals surface area (Å²) in [4.78, 5) is 10.7. The molecule has 0 atom stereocenters. The first kappa shape index (κ1) is 13.9. The molecule has 2 aromatic rings. The van der Waals surface area contributed by atoms with Crippen molar-refractivity contribution in [3.05, 3.63) is 66.2 Å². The highest BCUT2D eigenvalue weighted by Crippen LogP contribution is 2.29. The summed E-state index contributed by atoms with van der Waals surface area (Å²) in [5.74, 6) is -0.182. The van der Waals surface area contributed by atoms with E-state index in [9.17, 15) is 4.79 Å². The lowest BCUT2D eigenvalue weighted by atomic mass is 10.1. The third-order valence-corrected chi connectivity index (χ3v) is 2.94. The standard InChI is InChI=1S/C17H16O3/c1-13(17(18)19)11-12-20-16-10-6-5-9-15(16)14-7-3-2-4-8-14/h2-11H,12H2,1H3,(H,18,19). The molecule has 3 nitrogen and oxygen atoms in total. The lowest BCUT2D eigenvalue weighted by Crippen LogP contribution is -2.01. The van der Waals surface area contributed by atoms with E-state index in [-0.39, 0.29) is 12.2 Å². The molecule has 0 bridgehead atoms. The van der Waals surface area contributed by atoms with Crippen LogP contribution in [-0.2, 0) is 4.79 Å². The van der Waals surface area contributed by atoms with E-state index in [1.165, 1.54) is 0 Å². The van der Waals surface area contributed by atoms with Crippen molar-refractivity contribution in [3.8, 4) is 16.9 Å². The summed E-state index contributed by atoms with van der Waals surface area (Å²) < 4.78 is 5.67. The van der Waals surface area contributed by atoms with Crippen molar-refractivity contribution < 1.29 is 14.6 Å². The van der Waals surface area contributed by atoms with Gasteiger partial charge in [0.05, 0.1) is 0 Å². The van der Waals surface area contributed by atoms with Crippen LogP contribution in [0.3, 0.4) is 0 Å². The van der Waals surface area contributed by atoms with E-state index in [1.54, 1.807) is 13.0 Å². The fraction of sp³-hybridized carbons (Fsp3) is 0.118. The first-order valence-electron chi connectivity index (χ1n) is 6.36. The van der Waals surface area contributed by atoms with Crippen LogP contribution >= 0.6 is 0 Å². The summed E-state index contributed by atoms with van der Waals surface area (Å²) in [6.45, 7) is 1.79. The highest BCUT2D eigenvalue weighted by atomic mass is 16.5. The van der Waals surface area contributed by atoms with Crippen molar-refractivity contribution in [1.29, 1.82) is 0 Å². The van der Waals surface area contributed by atoms with Gasteiger partial charge in [0.2, 0.25) is 0 Å². The van der Waals surface area contributed by atoms with E-state index in [2.05, 4.69) is 0 Å². The largest absolute Gasteiger partial charge is 0.489 e. The summed E-state index contributed by atoms with van der Waals surface area (Å²) in [5, 5.41) is 8.79. The number of hydrogen-bond acceptors (Lipinski definition) is 2. The van der Waals surface area contributed by atoms with Crippen LogP contribution in [0.15, 0.2) is 66.2 Å². The van der Waals surface area contributed by atoms with Gasteiger partial charge in [-0.05, 0) is 24.6 Å². The van der Waals surface area contributed by atoms with Gasteiger partial charge in [0, 0.05) is 11.1 Å². The predicted octanol–water partition coefficient (Wildman–Crippen LogP) is 3.76. The molecule has 0 aromatic heterocycles. The van der Waals surface area contributed by atoms with Crippen molar-refractivity contribution in [2.75, 3.05) is 6.61 Å². The molecule has 2 aromatic carbocycles. The summed E-state index contributed by atoms with van der Waals surface area (Å²) >= 11 is 0. The molecular formula is C17H16O3. The first-order valence-corrected chi connectivity index (χ1v) is 6.36. The van der Waals surface area contributed by atoms with E-state index in [0.717, 1.165) is 16.9 Å². The monoisotopic (exact) mass is 268 g/mol. The molecule has 20 heavy (non-hydrogen) atoms. The molecule has 0 aliphatic rings. The summed E-state index contributed by atoms with van der Waals surface area (Å²) in [6, 6.07) is 17.7. The molecule has 0 spiro atoms. The van der Waals surface area contributed by atoms with Gasteiger partial charge in [-0.25, -0.2) is 4.79 Å². The van der Waals surface area contributed by atoms with E-state index >= 15 is 0 Å². The minimum absolute atomic E-state index is 0.238. The Balaban J connectivity index is 2.17. The number of ether oxygens (including phenoxy) is 1. The fourth-order valence-corrected chi connectivity index (χ4v) is 1.79. The second-order valence-corrected chi connectivity index (χ2v) is 4.37. The van der Waals surface area contributed by atoms with Gasteiger partial charge in [-0.2, -0.15) is 0 Å². The molecule has 0 saturated heterocycles. The Hall–Kier alpha value is -2.55. The minimum Gasteiger partial charge on any atom is -0.489 e. The Morgan fingerprint density at radius 3 is 2.45 bits per heavy atom. The van der Waals surface area contributed by atoms with Gasteiger partial charge in [0.1, 0.15) is 12.4 Å². The van der Waals surface area contributed by atoms with Crippen molar-refractivity contribution in [2.24, 2.45) is 0 Å². The smallest absolute Gasteiger partial charge is 0.331 e. The van der Waals surface area contributed by atoms with Gasteiger partial charge in [-0.15, -0.1) is 0 Å². The van der Waals surface area contributed by atoms with Gasteiger partial charge in [-0.1, -0.05) is 48.5 Å². The van der Waals surface area contributed by atoms with Crippen LogP contribution in [0.4, 0.5) is 0 Å². The van der Waals surface area contributed by atoms with E-state index in [0.29, 0.717) is 0 Å². The van der Waals surface area contributed by atoms with Crippen LogP contribution in [0, 0.1) is 0 Å². The maximum Gasteiger partial charge on any atom is 0.331 e. The highest BCUT2D eigenvalue weighted by molar-refractivity contribution is 5.85. The highest BCUT2D eigenvalue weighted by Gasteiger charge is 2.05. The Labute approximate surface area is 118 Å². The lowest BCUT2D eigenvalue weighted by molar-refractivity contribution is -0.132. The zero-order chi connectivity index (χ0) is 14.4. The van der Waals surface area contributed by atoms with Crippen molar-refractivity contribution in [2.45, 2.75) is 6.92 Å². The van der Waals surface area contributed by atoms with Crippen LogP contribution < -0.4 is 4.74 Å².